The van der Waals surface area contributed by atoms with Gasteiger partial charge in [-0.25, -0.2) is 0 Å². The molecular formula is C60H40N2O2. The van der Waals surface area contributed by atoms with Crippen LogP contribution in [0.25, 0.3) is 77.3 Å². The van der Waals surface area contributed by atoms with Gasteiger partial charge in [0.1, 0.15) is 22.3 Å². The van der Waals surface area contributed by atoms with Crippen molar-refractivity contribution in [3.05, 3.63) is 243 Å². The molecule has 4 heteroatoms. The highest BCUT2D eigenvalue weighted by Crippen LogP contribution is 2.41. The Hall–Kier alpha value is -8.60. The molecule has 2 heterocycles. The van der Waals surface area contributed by atoms with Gasteiger partial charge in [-0.3, -0.25) is 0 Å². The summed E-state index contributed by atoms with van der Waals surface area (Å²) in [6.07, 6.45) is 0. The first-order valence-corrected chi connectivity index (χ1v) is 21.7. The van der Waals surface area contributed by atoms with Gasteiger partial charge in [-0.2, -0.15) is 0 Å². The van der Waals surface area contributed by atoms with Crippen LogP contribution in [0.3, 0.4) is 0 Å². The second-order valence-electron chi connectivity index (χ2n) is 16.1. The Morgan fingerprint density at radius 1 is 0.234 bits per heavy atom. The van der Waals surface area contributed by atoms with Crippen LogP contribution in [0.15, 0.2) is 251 Å². The van der Waals surface area contributed by atoms with E-state index in [0.717, 1.165) is 111 Å². The third kappa shape index (κ3) is 6.66. The molecule has 0 spiro atoms. The fraction of sp³-hybridized carbons (Fsp3) is 0. The van der Waals surface area contributed by atoms with Crippen molar-refractivity contribution in [2.75, 3.05) is 9.80 Å². The lowest BCUT2D eigenvalue weighted by molar-refractivity contribution is 0.669. The number of hydrogen-bond acceptors (Lipinski definition) is 4. The lowest BCUT2D eigenvalue weighted by Crippen LogP contribution is -2.10. The maximum atomic E-state index is 6.38. The summed E-state index contributed by atoms with van der Waals surface area (Å²) in [5.41, 5.74) is 16.9. The summed E-state index contributed by atoms with van der Waals surface area (Å²) in [7, 11) is 0. The minimum atomic E-state index is 0.904. The predicted octanol–water partition coefficient (Wildman–Crippen LogP) is 17.4. The minimum absolute atomic E-state index is 0.904. The summed E-state index contributed by atoms with van der Waals surface area (Å²) in [4.78, 5) is 4.61. The van der Waals surface area contributed by atoms with E-state index in [1.807, 2.05) is 24.3 Å². The largest absolute Gasteiger partial charge is 0.456 e. The normalized spacial score (nSPS) is 11.4. The van der Waals surface area contributed by atoms with E-state index in [4.69, 9.17) is 8.83 Å². The fourth-order valence-corrected chi connectivity index (χ4v) is 9.13. The molecule has 64 heavy (non-hydrogen) atoms. The zero-order valence-electron chi connectivity index (χ0n) is 34.8. The Morgan fingerprint density at radius 3 is 1.14 bits per heavy atom. The van der Waals surface area contributed by atoms with Gasteiger partial charge in [0.05, 0.1) is 0 Å². The first kappa shape index (κ1) is 37.2. The molecule has 0 aliphatic rings. The van der Waals surface area contributed by atoms with Gasteiger partial charge in [-0.15, -0.1) is 0 Å². The van der Waals surface area contributed by atoms with Crippen molar-refractivity contribution in [3.63, 3.8) is 0 Å². The standard InChI is InChI=1S/C60H40N2O2/c1-3-12-46(13-4-1)61(50-35-26-43(27-36-50)45-30-39-59-56(40-45)54-17-8-9-20-57(54)63-59)48-31-22-41(23-32-48)42-24-33-49(34-25-42)62(47-14-5-2-6-15-47)51-37-28-44(29-38-51)52-18-11-19-55-53-16-7-10-21-58(53)64-60(52)55/h1-40H. The monoisotopic (exact) mass is 820 g/mol. The predicted molar refractivity (Wildman–Crippen MR) is 267 cm³/mol. The van der Waals surface area contributed by atoms with E-state index in [1.165, 1.54) is 0 Å². The highest BCUT2D eigenvalue weighted by molar-refractivity contribution is 6.10. The summed E-state index contributed by atoms with van der Waals surface area (Å²) in [5.74, 6) is 0. The summed E-state index contributed by atoms with van der Waals surface area (Å²) in [5, 5.41) is 4.53. The molecule has 0 N–H and O–H groups in total. The van der Waals surface area contributed by atoms with Crippen LogP contribution in [-0.2, 0) is 0 Å². The number of fused-ring (bicyclic) bond motifs is 6. The molecule has 0 saturated heterocycles. The molecule has 0 bridgehead atoms. The van der Waals surface area contributed by atoms with Crippen molar-refractivity contribution in [1.82, 2.24) is 0 Å². The van der Waals surface area contributed by atoms with Crippen molar-refractivity contribution < 1.29 is 8.83 Å². The van der Waals surface area contributed by atoms with E-state index in [-0.39, 0.29) is 0 Å². The van der Waals surface area contributed by atoms with Gasteiger partial charge in [0, 0.05) is 61.2 Å². The lowest BCUT2D eigenvalue weighted by atomic mass is 10.0. The van der Waals surface area contributed by atoms with E-state index in [0.29, 0.717) is 0 Å². The molecule has 302 valence electrons. The van der Waals surface area contributed by atoms with E-state index in [1.54, 1.807) is 0 Å². The number of para-hydroxylation sites is 5. The van der Waals surface area contributed by atoms with Crippen molar-refractivity contribution in [2.24, 2.45) is 0 Å². The quantitative estimate of drug-likeness (QED) is 0.145. The van der Waals surface area contributed by atoms with Crippen LogP contribution in [-0.4, -0.2) is 0 Å². The van der Waals surface area contributed by atoms with Crippen LogP contribution in [0, 0.1) is 0 Å². The maximum Gasteiger partial charge on any atom is 0.143 e. The first-order chi connectivity index (χ1) is 31.7. The highest BCUT2D eigenvalue weighted by atomic mass is 16.3. The summed E-state index contributed by atoms with van der Waals surface area (Å²) >= 11 is 0. The van der Waals surface area contributed by atoms with Gasteiger partial charge >= 0.3 is 0 Å². The van der Waals surface area contributed by atoms with Crippen LogP contribution >= 0.6 is 0 Å². The molecule has 2 aromatic heterocycles. The Balaban J connectivity index is 0.827. The number of benzene rings is 10. The Morgan fingerprint density at radius 2 is 0.609 bits per heavy atom. The highest BCUT2D eigenvalue weighted by Gasteiger charge is 2.17. The average molecular weight is 821 g/mol. The molecule has 0 amide bonds. The van der Waals surface area contributed by atoms with Crippen molar-refractivity contribution >= 4 is 78.0 Å². The molecule has 0 aliphatic carbocycles. The molecule has 12 rings (SSSR count). The number of hydrogen-bond donors (Lipinski definition) is 0. The summed E-state index contributed by atoms with van der Waals surface area (Å²) in [6, 6.07) is 85.8. The number of rotatable bonds is 9. The molecule has 0 fully saturated rings. The van der Waals surface area contributed by atoms with Crippen molar-refractivity contribution in [3.8, 4) is 33.4 Å². The average Bonchev–Trinajstić information content (AvgIpc) is 3.94. The van der Waals surface area contributed by atoms with Crippen LogP contribution in [0.2, 0.25) is 0 Å². The molecule has 12 aromatic rings. The Labute approximate surface area is 371 Å². The SMILES string of the molecule is c1ccc(N(c2ccc(-c3ccc(N(c4ccccc4)c4ccc(-c5cccc6c5oc5ccccc56)cc4)cc3)cc2)c2ccc(-c3ccc4oc5ccccc5c4c3)cc2)cc1. The van der Waals surface area contributed by atoms with Gasteiger partial charge in [0.15, 0.2) is 0 Å². The molecule has 4 nitrogen and oxygen atoms in total. The van der Waals surface area contributed by atoms with E-state index < -0.39 is 0 Å². The molecule has 10 aromatic carbocycles. The van der Waals surface area contributed by atoms with Crippen molar-refractivity contribution in [1.29, 1.82) is 0 Å². The molecular weight excluding hydrogens is 781 g/mol. The van der Waals surface area contributed by atoms with E-state index in [2.05, 4.69) is 228 Å². The molecule has 0 saturated carbocycles. The summed E-state index contributed by atoms with van der Waals surface area (Å²) in [6.45, 7) is 0. The van der Waals surface area contributed by atoms with E-state index in [9.17, 15) is 0 Å². The minimum Gasteiger partial charge on any atom is -0.456 e. The zero-order chi connectivity index (χ0) is 42.4. The first-order valence-electron chi connectivity index (χ1n) is 21.7. The third-order valence-corrected chi connectivity index (χ3v) is 12.3. The smallest absolute Gasteiger partial charge is 0.143 e. The van der Waals surface area contributed by atoms with Crippen LogP contribution in [0.1, 0.15) is 0 Å². The number of furan rings is 2. The number of nitrogens with zero attached hydrogens (tertiary/aromatic N) is 2. The second-order valence-corrected chi connectivity index (χ2v) is 16.1. The van der Waals surface area contributed by atoms with Crippen LogP contribution in [0.4, 0.5) is 34.1 Å². The number of anilines is 6. The van der Waals surface area contributed by atoms with Gasteiger partial charge in [-0.1, -0.05) is 146 Å². The van der Waals surface area contributed by atoms with Crippen LogP contribution < -0.4 is 9.80 Å². The third-order valence-electron chi connectivity index (χ3n) is 12.3. The Bertz CT molecular complexity index is 3570. The van der Waals surface area contributed by atoms with Gasteiger partial charge < -0.3 is 18.6 Å². The molecule has 0 atom stereocenters. The molecule has 0 radical (unpaired) electrons. The van der Waals surface area contributed by atoms with Gasteiger partial charge in [0.2, 0.25) is 0 Å². The lowest BCUT2D eigenvalue weighted by Gasteiger charge is -2.26. The maximum absolute atomic E-state index is 6.38. The summed E-state index contributed by atoms with van der Waals surface area (Å²) < 4.78 is 12.5. The van der Waals surface area contributed by atoms with Crippen LogP contribution in [0.5, 0.6) is 0 Å². The van der Waals surface area contributed by atoms with Gasteiger partial charge in [0.25, 0.3) is 0 Å². The van der Waals surface area contributed by atoms with Gasteiger partial charge in [-0.05, 0) is 125 Å². The second kappa shape index (κ2) is 15.7. The van der Waals surface area contributed by atoms with Crippen molar-refractivity contribution in [2.45, 2.75) is 0 Å². The van der Waals surface area contributed by atoms with E-state index >= 15 is 0 Å². The molecule has 0 aliphatic heterocycles. The zero-order valence-corrected chi connectivity index (χ0v) is 34.8. The Kier molecular flexibility index (Phi) is 9.12. The fourth-order valence-electron chi connectivity index (χ4n) is 9.13. The molecule has 0 unspecified atom stereocenters. The topological polar surface area (TPSA) is 32.8 Å².